The minimum Gasteiger partial charge on any atom is -0.435 e. The van der Waals surface area contributed by atoms with Crippen LogP contribution in [0.1, 0.15) is 25.8 Å². The number of benzene rings is 1. The van der Waals surface area contributed by atoms with E-state index in [9.17, 15) is 13.6 Å². The van der Waals surface area contributed by atoms with Crippen molar-refractivity contribution in [2.75, 3.05) is 6.54 Å². The number of carbonyl (C=O) groups excluding carboxylic acids is 1. The molecule has 1 unspecified atom stereocenters. The Hall–Kier alpha value is -1.40. The molecule has 0 saturated carbocycles. The second kappa shape index (κ2) is 10.3. The predicted molar refractivity (Wildman–Crippen MR) is 84.5 cm³/mol. The van der Waals surface area contributed by atoms with Gasteiger partial charge in [0.25, 0.3) is 0 Å². The van der Waals surface area contributed by atoms with Gasteiger partial charge in [0.1, 0.15) is 5.75 Å². The molecule has 0 bridgehead atoms. The molecule has 1 aromatic rings. The van der Waals surface area contributed by atoms with Gasteiger partial charge in [0.15, 0.2) is 0 Å². The zero-order valence-corrected chi connectivity index (χ0v) is 13.5. The average Bonchev–Trinajstić information content (AvgIpc) is 2.39. The van der Waals surface area contributed by atoms with Crippen molar-refractivity contribution in [2.24, 2.45) is 11.7 Å². The molecule has 0 aromatic heterocycles. The fraction of sp³-hybridized carbons (Fsp3) is 0.533. The van der Waals surface area contributed by atoms with Gasteiger partial charge in [-0.1, -0.05) is 32.0 Å². The van der Waals surface area contributed by atoms with E-state index in [0.29, 0.717) is 18.0 Å². The normalized spacial score (nSPS) is 12.0. The molecule has 3 N–H and O–H groups in total. The number of rotatable bonds is 8. The van der Waals surface area contributed by atoms with Gasteiger partial charge in [0, 0.05) is 18.2 Å². The molecule has 22 heavy (non-hydrogen) atoms. The molecule has 0 aliphatic rings. The number of amides is 1. The topological polar surface area (TPSA) is 64.3 Å². The summed E-state index contributed by atoms with van der Waals surface area (Å²) in [6.07, 6.45) is 0.759. The molecule has 0 heterocycles. The van der Waals surface area contributed by atoms with Crippen molar-refractivity contribution in [2.45, 2.75) is 39.3 Å². The fourth-order valence-corrected chi connectivity index (χ4v) is 2.10. The average molecular weight is 337 g/mol. The van der Waals surface area contributed by atoms with Gasteiger partial charge in [-0.15, -0.1) is 12.4 Å². The summed E-state index contributed by atoms with van der Waals surface area (Å²) in [5.41, 5.74) is 6.05. The number of carbonyl (C=O) groups is 1. The van der Waals surface area contributed by atoms with Gasteiger partial charge in [0.2, 0.25) is 5.91 Å². The Balaban J connectivity index is 0.00000441. The van der Waals surface area contributed by atoms with Gasteiger partial charge in [-0.2, -0.15) is 8.78 Å². The Morgan fingerprint density at radius 3 is 2.50 bits per heavy atom. The lowest BCUT2D eigenvalue weighted by atomic mass is 10.0. The van der Waals surface area contributed by atoms with Crippen molar-refractivity contribution in [3.63, 3.8) is 0 Å². The highest BCUT2D eigenvalue weighted by molar-refractivity contribution is 5.85. The molecule has 0 saturated heterocycles. The fourth-order valence-electron chi connectivity index (χ4n) is 2.10. The lowest BCUT2D eigenvalue weighted by Gasteiger charge is -2.19. The molecule has 7 heteroatoms. The first-order valence-corrected chi connectivity index (χ1v) is 6.94. The molecular weight excluding hydrogens is 314 g/mol. The van der Waals surface area contributed by atoms with Gasteiger partial charge in [-0.25, -0.2) is 0 Å². The highest BCUT2D eigenvalue weighted by atomic mass is 35.5. The van der Waals surface area contributed by atoms with E-state index in [1.165, 1.54) is 6.07 Å². The molecule has 126 valence electrons. The van der Waals surface area contributed by atoms with E-state index in [0.717, 1.165) is 6.42 Å². The van der Waals surface area contributed by atoms with Crippen molar-refractivity contribution in [3.8, 4) is 5.75 Å². The molecule has 1 rings (SSSR count). The highest BCUT2D eigenvalue weighted by Crippen LogP contribution is 2.20. The van der Waals surface area contributed by atoms with Crippen molar-refractivity contribution < 1.29 is 18.3 Å². The maximum Gasteiger partial charge on any atom is 0.387 e. The van der Waals surface area contributed by atoms with E-state index in [-0.39, 0.29) is 36.5 Å². The molecule has 0 spiro atoms. The summed E-state index contributed by atoms with van der Waals surface area (Å²) in [5, 5.41) is 2.82. The quantitative estimate of drug-likeness (QED) is 0.767. The summed E-state index contributed by atoms with van der Waals surface area (Å²) in [4.78, 5) is 12.0. The standard InChI is InChI=1S/C15H22F2N2O2.ClH/c1-10(2)7-12(9-18)19-14(20)8-11-5-3-4-6-13(11)21-15(16)17;/h3-6,10,12,15H,7-9,18H2,1-2H3,(H,19,20);1H. The number of ether oxygens (including phenoxy) is 1. The van der Waals surface area contributed by atoms with Crippen molar-refractivity contribution in [1.29, 1.82) is 0 Å². The van der Waals surface area contributed by atoms with Crippen LogP contribution in [0.25, 0.3) is 0 Å². The van der Waals surface area contributed by atoms with Crippen LogP contribution >= 0.6 is 12.4 Å². The largest absolute Gasteiger partial charge is 0.435 e. The first-order valence-electron chi connectivity index (χ1n) is 6.94. The lowest BCUT2D eigenvalue weighted by Crippen LogP contribution is -2.41. The Morgan fingerprint density at radius 2 is 1.95 bits per heavy atom. The van der Waals surface area contributed by atoms with Gasteiger partial charge in [-0.05, 0) is 18.4 Å². The number of halogens is 3. The van der Waals surface area contributed by atoms with Crippen LogP contribution in [-0.4, -0.2) is 25.1 Å². The first kappa shape index (κ1) is 20.6. The Bertz CT molecular complexity index is 459. The van der Waals surface area contributed by atoms with Crippen LogP contribution in [0.15, 0.2) is 24.3 Å². The van der Waals surface area contributed by atoms with Gasteiger partial charge < -0.3 is 15.8 Å². The Morgan fingerprint density at radius 1 is 1.32 bits per heavy atom. The molecule has 1 amide bonds. The zero-order valence-electron chi connectivity index (χ0n) is 12.7. The number of hydrogen-bond donors (Lipinski definition) is 2. The number of para-hydroxylation sites is 1. The van der Waals surface area contributed by atoms with Gasteiger partial charge >= 0.3 is 6.61 Å². The monoisotopic (exact) mass is 336 g/mol. The minimum absolute atomic E-state index is 0. The maximum atomic E-state index is 12.3. The summed E-state index contributed by atoms with van der Waals surface area (Å²) in [5.74, 6) is 0.181. The van der Waals surface area contributed by atoms with Gasteiger partial charge in [-0.3, -0.25) is 4.79 Å². The number of alkyl halides is 2. The molecule has 4 nitrogen and oxygen atoms in total. The van der Waals surface area contributed by atoms with Crippen LogP contribution in [-0.2, 0) is 11.2 Å². The number of nitrogens with one attached hydrogen (secondary N) is 1. The van der Waals surface area contributed by atoms with Crippen molar-refractivity contribution >= 4 is 18.3 Å². The lowest BCUT2D eigenvalue weighted by molar-refractivity contribution is -0.121. The molecule has 1 aromatic carbocycles. The van der Waals surface area contributed by atoms with E-state index in [4.69, 9.17) is 5.73 Å². The molecule has 1 atom stereocenters. The summed E-state index contributed by atoms with van der Waals surface area (Å²) in [6.45, 7) is 1.52. The molecule has 0 aliphatic carbocycles. The summed E-state index contributed by atoms with van der Waals surface area (Å²) in [6, 6.07) is 6.16. The highest BCUT2D eigenvalue weighted by Gasteiger charge is 2.15. The van der Waals surface area contributed by atoms with Crippen LogP contribution < -0.4 is 15.8 Å². The smallest absolute Gasteiger partial charge is 0.387 e. The van der Waals surface area contributed by atoms with Crippen LogP contribution in [0.2, 0.25) is 0 Å². The van der Waals surface area contributed by atoms with Crippen molar-refractivity contribution in [3.05, 3.63) is 29.8 Å². The van der Waals surface area contributed by atoms with E-state index in [1.807, 2.05) is 13.8 Å². The number of hydrogen-bond acceptors (Lipinski definition) is 3. The van der Waals surface area contributed by atoms with E-state index in [1.54, 1.807) is 18.2 Å². The molecule has 0 aliphatic heterocycles. The van der Waals surface area contributed by atoms with E-state index >= 15 is 0 Å². The molecule has 0 fully saturated rings. The third-order valence-electron chi connectivity index (χ3n) is 2.95. The third-order valence-corrected chi connectivity index (χ3v) is 2.95. The summed E-state index contributed by atoms with van der Waals surface area (Å²) >= 11 is 0. The second-order valence-electron chi connectivity index (χ2n) is 5.29. The van der Waals surface area contributed by atoms with Gasteiger partial charge in [0.05, 0.1) is 6.42 Å². The zero-order chi connectivity index (χ0) is 15.8. The third kappa shape index (κ3) is 7.56. The molecular formula is C15H23ClF2N2O2. The van der Waals surface area contributed by atoms with E-state index in [2.05, 4.69) is 10.1 Å². The van der Waals surface area contributed by atoms with Crippen LogP contribution in [0, 0.1) is 5.92 Å². The summed E-state index contributed by atoms with van der Waals surface area (Å²) in [7, 11) is 0. The SMILES string of the molecule is CC(C)CC(CN)NC(=O)Cc1ccccc1OC(F)F.Cl. The van der Waals surface area contributed by atoms with Crippen LogP contribution in [0.5, 0.6) is 5.75 Å². The first-order chi connectivity index (χ1) is 9.92. The van der Waals surface area contributed by atoms with Crippen LogP contribution in [0.4, 0.5) is 8.78 Å². The summed E-state index contributed by atoms with van der Waals surface area (Å²) < 4.78 is 29.0. The Labute approximate surface area is 135 Å². The maximum absolute atomic E-state index is 12.3. The second-order valence-corrected chi connectivity index (χ2v) is 5.29. The predicted octanol–water partition coefficient (Wildman–Crippen LogP) is 2.74. The van der Waals surface area contributed by atoms with Crippen molar-refractivity contribution in [1.82, 2.24) is 5.32 Å². The van der Waals surface area contributed by atoms with Crippen LogP contribution in [0.3, 0.4) is 0 Å². The van der Waals surface area contributed by atoms with E-state index < -0.39 is 6.61 Å². The molecule has 0 radical (unpaired) electrons. The number of nitrogens with two attached hydrogens (primary N) is 1. The minimum atomic E-state index is -2.91. The Kier molecular flexibility index (Phi) is 9.69.